The van der Waals surface area contributed by atoms with Crippen LogP contribution in [0.2, 0.25) is 0 Å². The molecule has 2 rings (SSSR count). The van der Waals surface area contributed by atoms with Crippen molar-refractivity contribution in [2.45, 2.75) is 13.8 Å². The second-order valence-electron chi connectivity index (χ2n) is 5.63. The van der Waals surface area contributed by atoms with Gasteiger partial charge in [-0.25, -0.2) is 31.1 Å². The van der Waals surface area contributed by atoms with Crippen molar-refractivity contribution in [3.8, 4) is 0 Å². The molecule has 0 aliphatic heterocycles. The van der Waals surface area contributed by atoms with Crippen LogP contribution in [0.25, 0.3) is 0 Å². The third kappa shape index (κ3) is 4.41. The quantitative estimate of drug-likeness (QED) is 0.109. The molecule has 2 aromatic rings. The van der Waals surface area contributed by atoms with Gasteiger partial charge in [0.2, 0.25) is 5.78 Å². The molecule has 29 heavy (non-hydrogen) atoms. The van der Waals surface area contributed by atoms with Crippen molar-refractivity contribution in [1.29, 1.82) is 0 Å². The van der Waals surface area contributed by atoms with E-state index in [0.29, 0.717) is 12.3 Å². The SMILES string of the molecule is CCOC(=O)/C(=C/Nc1ccc(F)cc1F)C(=O)c1c(C)c(F)c(F)c(F)c1F. The van der Waals surface area contributed by atoms with Gasteiger partial charge in [-0.3, -0.25) is 4.79 Å². The summed E-state index contributed by atoms with van der Waals surface area (Å²) < 4.78 is 86.1. The highest BCUT2D eigenvalue weighted by Gasteiger charge is 2.31. The highest BCUT2D eigenvalue weighted by molar-refractivity contribution is 6.24. The van der Waals surface area contributed by atoms with Crippen LogP contribution in [0.5, 0.6) is 0 Å². The highest BCUT2D eigenvalue weighted by Crippen LogP contribution is 2.26. The maximum Gasteiger partial charge on any atom is 0.343 e. The van der Waals surface area contributed by atoms with E-state index in [-0.39, 0.29) is 12.3 Å². The minimum absolute atomic E-state index is 0.220. The van der Waals surface area contributed by atoms with Gasteiger partial charge in [-0.2, -0.15) is 0 Å². The van der Waals surface area contributed by atoms with Crippen LogP contribution in [0, 0.1) is 41.8 Å². The molecule has 0 heterocycles. The lowest BCUT2D eigenvalue weighted by atomic mass is 9.97. The average Bonchev–Trinajstić information content (AvgIpc) is 2.67. The number of ketones is 1. The first-order chi connectivity index (χ1) is 13.6. The summed E-state index contributed by atoms with van der Waals surface area (Å²) in [6, 6.07) is 2.33. The number of nitrogens with one attached hydrogen (secondary N) is 1. The molecule has 154 valence electrons. The minimum atomic E-state index is -2.24. The second-order valence-corrected chi connectivity index (χ2v) is 5.63. The summed E-state index contributed by atoms with van der Waals surface area (Å²) in [5.74, 6) is -13.0. The van der Waals surface area contributed by atoms with E-state index in [9.17, 15) is 35.9 Å². The number of esters is 1. The number of hydrogen-bond acceptors (Lipinski definition) is 4. The average molecular weight is 417 g/mol. The largest absolute Gasteiger partial charge is 0.462 e. The molecule has 0 amide bonds. The normalized spacial score (nSPS) is 11.4. The number of benzene rings is 2. The molecule has 0 aliphatic carbocycles. The molecular formula is C19H13F6NO3. The Morgan fingerprint density at radius 1 is 1.00 bits per heavy atom. The fourth-order valence-electron chi connectivity index (χ4n) is 2.33. The van der Waals surface area contributed by atoms with Crippen LogP contribution in [0.4, 0.5) is 32.0 Å². The van der Waals surface area contributed by atoms with Gasteiger partial charge in [0.1, 0.15) is 17.2 Å². The van der Waals surface area contributed by atoms with Crippen LogP contribution in [0.15, 0.2) is 30.0 Å². The molecule has 0 atom stereocenters. The molecule has 2 aromatic carbocycles. The Bertz CT molecular complexity index is 990. The minimum Gasteiger partial charge on any atom is -0.462 e. The molecule has 0 aliphatic rings. The number of halogens is 6. The first-order valence-corrected chi connectivity index (χ1v) is 8.06. The van der Waals surface area contributed by atoms with Crippen LogP contribution in [0.3, 0.4) is 0 Å². The van der Waals surface area contributed by atoms with Crippen LogP contribution in [-0.2, 0) is 9.53 Å². The second kappa shape index (κ2) is 8.80. The zero-order chi connectivity index (χ0) is 21.9. The number of carbonyl (C=O) groups is 2. The summed E-state index contributed by atoms with van der Waals surface area (Å²) in [7, 11) is 0. The van der Waals surface area contributed by atoms with E-state index < -0.39 is 63.4 Å². The lowest BCUT2D eigenvalue weighted by molar-refractivity contribution is -0.138. The standard InChI is InChI=1S/C19H13F6NO3/c1-3-29-19(28)10(7-26-12-5-4-9(20)6-11(12)21)18(27)13-8(2)14(22)16(24)17(25)15(13)23/h4-7,26H,3H2,1-2H3/b10-7+. The van der Waals surface area contributed by atoms with E-state index in [2.05, 4.69) is 10.1 Å². The Balaban J connectivity index is 2.56. The number of anilines is 1. The van der Waals surface area contributed by atoms with Gasteiger partial charge in [-0.05, 0) is 26.0 Å². The molecule has 0 unspecified atom stereocenters. The molecule has 1 N–H and O–H groups in total. The monoisotopic (exact) mass is 417 g/mol. The van der Waals surface area contributed by atoms with Crippen molar-refractivity contribution < 1.29 is 40.7 Å². The van der Waals surface area contributed by atoms with Crippen LogP contribution in [0.1, 0.15) is 22.8 Å². The van der Waals surface area contributed by atoms with Crippen molar-refractivity contribution in [3.63, 3.8) is 0 Å². The highest BCUT2D eigenvalue weighted by atomic mass is 19.2. The zero-order valence-corrected chi connectivity index (χ0v) is 15.0. The molecule has 4 nitrogen and oxygen atoms in total. The maximum atomic E-state index is 14.1. The van der Waals surface area contributed by atoms with E-state index in [1.165, 1.54) is 6.92 Å². The fraction of sp³-hybridized carbons (Fsp3) is 0.158. The van der Waals surface area contributed by atoms with Gasteiger partial charge in [0.25, 0.3) is 0 Å². The molecule has 0 saturated carbocycles. The predicted molar refractivity (Wildman–Crippen MR) is 90.0 cm³/mol. The number of rotatable bonds is 6. The Hall–Kier alpha value is -3.30. The zero-order valence-electron chi connectivity index (χ0n) is 15.0. The molecule has 0 radical (unpaired) electrons. The molecule has 10 heteroatoms. The van der Waals surface area contributed by atoms with E-state index in [0.717, 1.165) is 19.1 Å². The van der Waals surface area contributed by atoms with Crippen molar-refractivity contribution in [2.75, 3.05) is 11.9 Å². The third-order valence-electron chi connectivity index (χ3n) is 3.77. The van der Waals surface area contributed by atoms with Gasteiger partial charge in [-0.15, -0.1) is 0 Å². The number of carbonyl (C=O) groups excluding carboxylic acids is 2. The fourth-order valence-corrected chi connectivity index (χ4v) is 2.33. The van der Waals surface area contributed by atoms with Crippen molar-refractivity contribution in [1.82, 2.24) is 0 Å². The van der Waals surface area contributed by atoms with Gasteiger partial charge in [-0.1, -0.05) is 0 Å². The Morgan fingerprint density at radius 3 is 2.21 bits per heavy atom. The smallest absolute Gasteiger partial charge is 0.343 e. The summed E-state index contributed by atoms with van der Waals surface area (Å²) in [4.78, 5) is 24.7. The Kier molecular flexibility index (Phi) is 6.68. The molecule has 0 bridgehead atoms. The van der Waals surface area contributed by atoms with Crippen LogP contribution in [-0.4, -0.2) is 18.4 Å². The van der Waals surface area contributed by atoms with Crippen LogP contribution < -0.4 is 5.32 Å². The van der Waals surface area contributed by atoms with Gasteiger partial charge in [0.15, 0.2) is 23.3 Å². The Morgan fingerprint density at radius 2 is 1.62 bits per heavy atom. The van der Waals surface area contributed by atoms with Gasteiger partial charge >= 0.3 is 5.97 Å². The van der Waals surface area contributed by atoms with Gasteiger partial charge in [0.05, 0.1) is 17.9 Å². The first kappa shape index (κ1) is 22.0. The van der Waals surface area contributed by atoms with E-state index >= 15 is 0 Å². The molecule has 0 spiro atoms. The lowest BCUT2D eigenvalue weighted by Gasteiger charge is -2.12. The predicted octanol–water partition coefficient (Wildman–Crippen LogP) is 4.57. The molecule has 0 aromatic heterocycles. The summed E-state index contributed by atoms with van der Waals surface area (Å²) in [6.07, 6.45) is 0.606. The molecule has 0 saturated heterocycles. The van der Waals surface area contributed by atoms with Gasteiger partial charge < -0.3 is 10.1 Å². The van der Waals surface area contributed by atoms with E-state index in [1.807, 2.05) is 0 Å². The summed E-state index contributed by atoms with van der Waals surface area (Å²) in [6.45, 7) is 1.97. The molecular weight excluding hydrogens is 404 g/mol. The maximum absolute atomic E-state index is 14.1. The Labute approximate surface area is 160 Å². The van der Waals surface area contributed by atoms with Crippen molar-refractivity contribution in [3.05, 3.63) is 76.0 Å². The number of Topliss-reactive ketones (excluding diaryl/α,β-unsaturated/α-hetero) is 1. The summed E-state index contributed by atoms with van der Waals surface area (Å²) in [5, 5.41) is 2.20. The van der Waals surface area contributed by atoms with E-state index in [4.69, 9.17) is 0 Å². The number of hydrogen-bond donors (Lipinski definition) is 1. The summed E-state index contributed by atoms with van der Waals surface area (Å²) >= 11 is 0. The van der Waals surface area contributed by atoms with Crippen molar-refractivity contribution >= 4 is 17.4 Å². The first-order valence-electron chi connectivity index (χ1n) is 8.06. The topological polar surface area (TPSA) is 55.4 Å². The van der Waals surface area contributed by atoms with Crippen molar-refractivity contribution in [2.24, 2.45) is 0 Å². The number of ether oxygens (including phenoxy) is 1. The lowest BCUT2D eigenvalue weighted by Crippen LogP contribution is -2.21. The third-order valence-corrected chi connectivity index (χ3v) is 3.77. The van der Waals surface area contributed by atoms with Crippen LogP contribution >= 0.6 is 0 Å². The molecule has 0 fully saturated rings. The van der Waals surface area contributed by atoms with Gasteiger partial charge in [0, 0.05) is 17.8 Å². The summed E-state index contributed by atoms with van der Waals surface area (Å²) in [5.41, 5.74) is -3.44. The van der Waals surface area contributed by atoms with E-state index in [1.54, 1.807) is 0 Å².